The van der Waals surface area contributed by atoms with Gasteiger partial charge in [0.25, 0.3) is 0 Å². The second-order valence-corrected chi connectivity index (χ2v) is 5.17. The first-order valence-corrected chi connectivity index (χ1v) is 7.59. The molecule has 0 aromatic rings. The van der Waals surface area contributed by atoms with E-state index in [9.17, 15) is 9.59 Å². The summed E-state index contributed by atoms with van der Waals surface area (Å²) >= 11 is 0. The van der Waals surface area contributed by atoms with Crippen molar-refractivity contribution in [3.8, 4) is 0 Å². The van der Waals surface area contributed by atoms with E-state index in [1.54, 1.807) is 0 Å². The molecule has 5 nitrogen and oxygen atoms in total. The molecule has 0 aromatic carbocycles. The maximum absolute atomic E-state index is 11.9. The van der Waals surface area contributed by atoms with Gasteiger partial charge in [-0.15, -0.1) is 0 Å². The summed E-state index contributed by atoms with van der Waals surface area (Å²) in [6, 6.07) is -0.525. The molecular formula is C15H29NO4. The second-order valence-electron chi connectivity index (χ2n) is 5.17. The normalized spacial score (nSPS) is 12.2. The molecule has 0 aliphatic heterocycles. The lowest BCUT2D eigenvalue weighted by molar-refractivity contribution is -0.153. The summed E-state index contributed by atoms with van der Waals surface area (Å²) in [4.78, 5) is 23.6. The van der Waals surface area contributed by atoms with Crippen molar-refractivity contribution in [2.45, 2.75) is 71.9 Å². The summed E-state index contributed by atoms with van der Waals surface area (Å²) in [7, 11) is 0. The molecule has 0 spiro atoms. The third-order valence-electron chi connectivity index (χ3n) is 2.69. The zero-order chi connectivity index (χ0) is 15.4. The fraction of sp³-hybridized carbons (Fsp3) is 0.867. The third kappa shape index (κ3) is 9.78. The van der Waals surface area contributed by atoms with Gasteiger partial charge in [-0.05, 0) is 12.8 Å². The van der Waals surface area contributed by atoms with Gasteiger partial charge in [0.15, 0.2) is 0 Å². The van der Waals surface area contributed by atoms with E-state index >= 15 is 0 Å². The molecule has 0 aliphatic rings. The Morgan fingerprint density at radius 1 is 1.00 bits per heavy atom. The number of hydrogen-bond donors (Lipinski definition) is 1. The minimum Gasteiger partial charge on any atom is -0.466 e. The topological polar surface area (TPSA) is 64.6 Å². The van der Waals surface area contributed by atoms with Crippen LogP contribution >= 0.6 is 0 Å². The molecule has 0 aromatic heterocycles. The quantitative estimate of drug-likeness (QED) is 0.467. The molecule has 20 heavy (non-hydrogen) atoms. The smallest absolute Gasteiger partial charge is 0.323 e. The van der Waals surface area contributed by atoms with Crippen molar-refractivity contribution in [1.82, 2.24) is 5.32 Å². The Bertz CT molecular complexity index is 279. The number of carbonyl (C=O) groups is 2. The molecule has 1 N–H and O–H groups in total. The van der Waals surface area contributed by atoms with E-state index in [-0.39, 0.29) is 24.4 Å². The highest BCUT2D eigenvalue weighted by atomic mass is 16.5. The third-order valence-corrected chi connectivity index (χ3v) is 2.69. The minimum absolute atomic E-state index is 0.0207. The van der Waals surface area contributed by atoms with Crippen LogP contribution in [0.2, 0.25) is 0 Å². The van der Waals surface area contributed by atoms with Gasteiger partial charge in [-0.2, -0.15) is 0 Å². The summed E-state index contributed by atoms with van der Waals surface area (Å²) in [6.45, 7) is 8.72. The Balaban J connectivity index is 4.25. The van der Waals surface area contributed by atoms with Gasteiger partial charge in [-0.3, -0.25) is 9.59 Å². The Morgan fingerprint density at radius 3 is 2.05 bits per heavy atom. The van der Waals surface area contributed by atoms with Gasteiger partial charge in [-0.25, -0.2) is 0 Å². The summed E-state index contributed by atoms with van der Waals surface area (Å²) in [5, 5.41) is 3.05. The zero-order valence-corrected chi connectivity index (χ0v) is 13.2. The van der Waals surface area contributed by atoms with E-state index in [2.05, 4.69) is 5.32 Å². The highest BCUT2D eigenvalue weighted by Crippen LogP contribution is 2.02. The van der Waals surface area contributed by atoms with Gasteiger partial charge in [0.05, 0.1) is 19.6 Å². The van der Waals surface area contributed by atoms with E-state index in [0.717, 1.165) is 25.7 Å². The molecule has 1 atom stereocenters. The van der Waals surface area contributed by atoms with Crippen LogP contribution in [0.5, 0.6) is 0 Å². The van der Waals surface area contributed by atoms with Crippen molar-refractivity contribution in [3.63, 3.8) is 0 Å². The molecule has 0 amide bonds. The maximum atomic E-state index is 11.9. The predicted octanol–water partition coefficient (Wildman–Crippen LogP) is 2.43. The summed E-state index contributed by atoms with van der Waals surface area (Å²) in [5.41, 5.74) is 0. The summed E-state index contributed by atoms with van der Waals surface area (Å²) in [5.74, 6) is -0.733. The van der Waals surface area contributed by atoms with Crippen LogP contribution in [0.4, 0.5) is 0 Å². The van der Waals surface area contributed by atoms with Crippen LogP contribution in [-0.4, -0.2) is 37.2 Å². The van der Waals surface area contributed by atoms with Crippen LogP contribution < -0.4 is 5.32 Å². The monoisotopic (exact) mass is 287 g/mol. The summed E-state index contributed by atoms with van der Waals surface area (Å²) in [6.07, 6.45) is 3.64. The van der Waals surface area contributed by atoms with Crippen molar-refractivity contribution in [2.24, 2.45) is 0 Å². The number of carbonyl (C=O) groups excluding carboxylic acids is 2. The highest BCUT2D eigenvalue weighted by Gasteiger charge is 2.24. The molecule has 118 valence electrons. The van der Waals surface area contributed by atoms with Gasteiger partial charge >= 0.3 is 11.9 Å². The standard InChI is InChI=1S/C15H29NO4/c1-5-7-9-19-14(17)11-13(16-12(3)4)15(18)20-10-8-6-2/h12-13,16H,5-11H2,1-4H3. The van der Waals surface area contributed by atoms with Gasteiger partial charge < -0.3 is 14.8 Å². The molecule has 0 radical (unpaired) electrons. The maximum Gasteiger partial charge on any atom is 0.323 e. The molecule has 0 saturated carbocycles. The molecule has 0 heterocycles. The Morgan fingerprint density at radius 2 is 1.55 bits per heavy atom. The van der Waals surface area contributed by atoms with Gasteiger partial charge in [-0.1, -0.05) is 40.5 Å². The van der Waals surface area contributed by atoms with Crippen molar-refractivity contribution < 1.29 is 19.1 Å². The van der Waals surface area contributed by atoms with E-state index in [0.29, 0.717) is 13.2 Å². The van der Waals surface area contributed by atoms with Crippen molar-refractivity contribution >= 4 is 11.9 Å². The molecule has 0 saturated heterocycles. The molecule has 0 rings (SSSR count). The Labute approximate surface area is 122 Å². The number of hydrogen-bond acceptors (Lipinski definition) is 5. The van der Waals surface area contributed by atoms with Crippen LogP contribution in [0.3, 0.4) is 0 Å². The zero-order valence-electron chi connectivity index (χ0n) is 13.2. The number of ether oxygens (including phenoxy) is 2. The molecule has 5 heteroatoms. The number of esters is 2. The van der Waals surface area contributed by atoms with Gasteiger partial charge in [0.2, 0.25) is 0 Å². The van der Waals surface area contributed by atoms with Crippen LogP contribution in [0.1, 0.15) is 59.8 Å². The first-order chi connectivity index (χ1) is 9.51. The van der Waals surface area contributed by atoms with Crippen LogP contribution in [-0.2, 0) is 19.1 Å². The average molecular weight is 287 g/mol. The fourth-order valence-corrected chi connectivity index (χ4v) is 1.59. The van der Waals surface area contributed by atoms with Crippen molar-refractivity contribution in [1.29, 1.82) is 0 Å². The van der Waals surface area contributed by atoms with E-state index < -0.39 is 6.04 Å². The minimum atomic E-state index is -0.624. The van der Waals surface area contributed by atoms with Gasteiger partial charge in [0.1, 0.15) is 6.04 Å². The predicted molar refractivity (Wildman–Crippen MR) is 78.4 cm³/mol. The highest BCUT2D eigenvalue weighted by molar-refractivity contribution is 5.82. The van der Waals surface area contributed by atoms with Crippen molar-refractivity contribution in [2.75, 3.05) is 13.2 Å². The lowest BCUT2D eigenvalue weighted by Gasteiger charge is -2.19. The van der Waals surface area contributed by atoms with E-state index in [1.807, 2.05) is 27.7 Å². The first kappa shape index (κ1) is 18.9. The Kier molecular flexibility index (Phi) is 11.1. The first-order valence-electron chi connectivity index (χ1n) is 7.59. The lowest BCUT2D eigenvalue weighted by Crippen LogP contribution is -2.43. The van der Waals surface area contributed by atoms with Crippen LogP contribution in [0.25, 0.3) is 0 Å². The van der Waals surface area contributed by atoms with Gasteiger partial charge in [0, 0.05) is 6.04 Å². The number of nitrogens with one attached hydrogen (secondary N) is 1. The Hall–Kier alpha value is -1.10. The fourth-order valence-electron chi connectivity index (χ4n) is 1.59. The van der Waals surface area contributed by atoms with Crippen molar-refractivity contribution in [3.05, 3.63) is 0 Å². The molecular weight excluding hydrogens is 258 g/mol. The lowest BCUT2D eigenvalue weighted by atomic mass is 10.2. The van der Waals surface area contributed by atoms with E-state index in [1.165, 1.54) is 0 Å². The number of unbranched alkanes of at least 4 members (excludes halogenated alkanes) is 2. The second kappa shape index (κ2) is 11.7. The largest absolute Gasteiger partial charge is 0.466 e. The SMILES string of the molecule is CCCCOC(=O)CC(NC(C)C)C(=O)OCCCC. The van der Waals surface area contributed by atoms with Crippen LogP contribution in [0, 0.1) is 0 Å². The number of rotatable bonds is 11. The summed E-state index contributed by atoms with van der Waals surface area (Å²) < 4.78 is 10.2. The van der Waals surface area contributed by atoms with Crippen LogP contribution in [0.15, 0.2) is 0 Å². The van der Waals surface area contributed by atoms with E-state index in [4.69, 9.17) is 9.47 Å². The molecule has 0 fully saturated rings. The molecule has 1 unspecified atom stereocenters. The molecule has 0 aliphatic carbocycles. The molecule has 0 bridgehead atoms. The average Bonchev–Trinajstić information content (AvgIpc) is 2.38.